The molecule has 0 unspecified atom stereocenters. The highest BCUT2D eigenvalue weighted by atomic mass is 32.1. The van der Waals surface area contributed by atoms with E-state index in [1.54, 1.807) is 6.21 Å². The van der Waals surface area contributed by atoms with Gasteiger partial charge >= 0.3 is 0 Å². The lowest BCUT2D eigenvalue weighted by Crippen LogP contribution is -2.24. The lowest BCUT2D eigenvalue weighted by molar-refractivity contribution is 0.301. The smallest absolute Gasteiger partial charge is 0.191 e. The summed E-state index contributed by atoms with van der Waals surface area (Å²) in [4.78, 5) is 0. The number of hydrogen-bond donors (Lipinski definition) is 2. The molecule has 0 saturated heterocycles. The summed E-state index contributed by atoms with van der Waals surface area (Å²) in [5.74, 6) is 1.54. The van der Waals surface area contributed by atoms with Crippen LogP contribution in [0.15, 0.2) is 41.5 Å². The summed E-state index contributed by atoms with van der Waals surface area (Å²) in [6.45, 7) is 9.60. The van der Waals surface area contributed by atoms with Crippen molar-refractivity contribution in [3.05, 3.63) is 53.1 Å². The summed E-state index contributed by atoms with van der Waals surface area (Å²) in [7, 11) is 0. The molecule has 0 saturated carbocycles. The van der Waals surface area contributed by atoms with E-state index in [9.17, 15) is 0 Å². The van der Waals surface area contributed by atoms with Gasteiger partial charge in [-0.05, 0) is 68.2 Å². The van der Waals surface area contributed by atoms with E-state index < -0.39 is 0 Å². The molecule has 0 heterocycles. The Bertz CT molecular complexity index is 821. The van der Waals surface area contributed by atoms with Crippen LogP contribution in [0.3, 0.4) is 0 Å². The van der Waals surface area contributed by atoms with Crippen molar-refractivity contribution in [3.8, 4) is 11.5 Å². The van der Waals surface area contributed by atoms with Gasteiger partial charge < -0.3 is 14.8 Å². The molecule has 0 aliphatic rings. The maximum absolute atomic E-state index is 5.84. The van der Waals surface area contributed by atoms with Gasteiger partial charge in [-0.1, -0.05) is 26.0 Å². The largest absolute Gasteiger partial charge is 0.493 e. The number of aryl methyl sites for hydroxylation is 1. The molecule has 5 nitrogen and oxygen atoms in total. The maximum atomic E-state index is 5.84. The number of anilines is 1. The third-order valence-corrected chi connectivity index (χ3v) is 4.34. The van der Waals surface area contributed by atoms with Gasteiger partial charge in [0, 0.05) is 17.3 Å². The first kappa shape index (κ1) is 21.7. The van der Waals surface area contributed by atoms with Gasteiger partial charge in [0.2, 0.25) is 0 Å². The van der Waals surface area contributed by atoms with Crippen LogP contribution in [-0.2, 0) is 0 Å². The molecule has 0 atom stereocenters. The Hall–Kier alpha value is -2.60. The van der Waals surface area contributed by atoms with Crippen LogP contribution in [0.4, 0.5) is 5.69 Å². The average Bonchev–Trinajstić information content (AvgIpc) is 2.69. The summed E-state index contributed by atoms with van der Waals surface area (Å²) in [6.07, 6.45) is 3.59. The van der Waals surface area contributed by atoms with Gasteiger partial charge in [-0.15, -0.1) is 0 Å². The minimum absolute atomic E-state index is 0.434. The summed E-state index contributed by atoms with van der Waals surface area (Å²) in [6, 6.07) is 11.8. The van der Waals surface area contributed by atoms with Crippen LogP contribution in [-0.4, -0.2) is 24.5 Å². The quantitative estimate of drug-likeness (QED) is 0.345. The summed E-state index contributed by atoms with van der Waals surface area (Å²) < 4.78 is 11.5. The second-order valence-corrected chi connectivity index (χ2v) is 6.88. The molecule has 0 aliphatic heterocycles. The van der Waals surface area contributed by atoms with E-state index in [1.165, 1.54) is 5.56 Å². The predicted octanol–water partition coefficient (Wildman–Crippen LogP) is 5.20. The van der Waals surface area contributed by atoms with Gasteiger partial charge in [-0.3, -0.25) is 5.43 Å². The molecule has 6 heteroatoms. The zero-order chi connectivity index (χ0) is 20.4. The first-order valence-corrected chi connectivity index (χ1v) is 10.0. The molecule has 0 spiro atoms. The van der Waals surface area contributed by atoms with Gasteiger partial charge in [0.05, 0.1) is 19.4 Å². The SMILES string of the molecule is CCCOc1ccc(C=NNC(=S)Nc2cccc(C)c2C)c(OCCC)c1. The molecule has 0 amide bonds. The van der Waals surface area contributed by atoms with Crippen molar-refractivity contribution in [3.63, 3.8) is 0 Å². The first-order valence-electron chi connectivity index (χ1n) is 9.61. The molecule has 2 aromatic carbocycles. The Morgan fingerprint density at radius 3 is 2.57 bits per heavy atom. The lowest BCUT2D eigenvalue weighted by atomic mass is 10.1. The average molecular weight is 400 g/mol. The van der Waals surface area contributed by atoms with Gasteiger partial charge in [-0.2, -0.15) is 5.10 Å². The number of nitrogens with one attached hydrogen (secondary N) is 2. The molecule has 150 valence electrons. The van der Waals surface area contributed by atoms with Crippen LogP contribution in [0.2, 0.25) is 0 Å². The second kappa shape index (κ2) is 11.3. The molecule has 2 rings (SSSR count). The van der Waals surface area contributed by atoms with E-state index in [-0.39, 0.29) is 0 Å². The number of hydrogen-bond acceptors (Lipinski definition) is 4. The van der Waals surface area contributed by atoms with Crippen molar-refractivity contribution in [2.24, 2.45) is 5.10 Å². The fraction of sp³-hybridized carbons (Fsp3) is 0.364. The number of ether oxygens (including phenoxy) is 2. The van der Waals surface area contributed by atoms with Crippen molar-refractivity contribution in [1.82, 2.24) is 5.43 Å². The van der Waals surface area contributed by atoms with Crippen LogP contribution < -0.4 is 20.2 Å². The van der Waals surface area contributed by atoms with Gasteiger partial charge in [0.25, 0.3) is 0 Å². The number of nitrogens with zero attached hydrogens (tertiary/aromatic N) is 1. The summed E-state index contributed by atoms with van der Waals surface area (Å²) >= 11 is 5.34. The van der Waals surface area contributed by atoms with Crippen molar-refractivity contribution in [1.29, 1.82) is 0 Å². The van der Waals surface area contributed by atoms with Gasteiger partial charge in [0.15, 0.2) is 5.11 Å². The third-order valence-electron chi connectivity index (χ3n) is 4.14. The van der Waals surface area contributed by atoms with E-state index in [4.69, 9.17) is 21.7 Å². The Labute approximate surface area is 173 Å². The summed E-state index contributed by atoms with van der Waals surface area (Å²) in [5, 5.41) is 7.86. The van der Waals surface area contributed by atoms with Crippen molar-refractivity contribution in [2.45, 2.75) is 40.5 Å². The molecule has 0 radical (unpaired) electrons. The topological polar surface area (TPSA) is 54.9 Å². The fourth-order valence-corrected chi connectivity index (χ4v) is 2.63. The highest BCUT2D eigenvalue weighted by Gasteiger charge is 2.06. The molecular weight excluding hydrogens is 370 g/mol. The Kier molecular flexibility index (Phi) is 8.75. The van der Waals surface area contributed by atoms with Crippen LogP contribution >= 0.6 is 12.2 Å². The van der Waals surface area contributed by atoms with E-state index in [1.807, 2.05) is 30.3 Å². The van der Waals surface area contributed by atoms with E-state index in [2.05, 4.69) is 49.6 Å². The minimum Gasteiger partial charge on any atom is -0.493 e. The third kappa shape index (κ3) is 6.53. The Balaban J connectivity index is 2.03. The van der Waals surface area contributed by atoms with Crippen LogP contribution in [0.1, 0.15) is 43.4 Å². The summed E-state index contributed by atoms with van der Waals surface area (Å²) in [5.41, 5.74) is 7.06. The number of benzene rings is 2. The van der Waals surface area contributed by atoms with Gasteiger partial charge in [-0.25, -0.2) is 0 Å². The van der Waals surface area contributed by atoms with E-state index >= 15 is 0 Å². The Morgan fingerprint density at radius 1 is 1.07 bits per heavy atom. The molecule has 0 aliphatic carbocycles. The first-order chi connectivity index (χ1) is 13.5. The standard InChI is InChI=1S/C22H29N3O2S/c1-5-12-26-19-11-10-18(21(14-19)27-13-6-2)15-23-25-22(28)24-20-9-7-8-16(3)17(20)4/h7-11,14-15H,5-6,12-13H2,1-4H3,(H2,24,25,28). The predicted molar refractivity (Wildman–Crippen MR) is 121 cm³/mol. The van der Waals surface area contributed by atoms with E-state index in [0.29, 0.717) is 18.3 Å². The molecule has 28 heavy (non-hydrogen) atoms. The number of thiocarbonyl (C=S) groups is 1. The monoisotopic (exact) mass is 399 g/mol. The van der Waals surface area contributed by atoms with Crippen molar-refractivity contribution >= 4 is 29.2 Å². The van der Waals surface area contributed by atoms with Crippen LogP contribution in [0.25, 0.3) is 0 Å². The van der Waals surface area contributed by atoms with Crippen LogP contribution in [0.5, 0.6) is 11.5 Å². The van der Waals surface area contributed by atoms with Crippen LogP contribution in [0, 0.1) is 13.8 Å². The molecule has 0 bridgehead atoms. The molecule has 2 aromatic rings. The van der Waals surface area contributed by atoms with Gasteiger partial charge in [0.1, 0.15) is 11.5 Å². The zero-order valence-corrected chi connectivity index (χ0v) is 17.9. The normalized spacial score (nSPS) is 10.7. The molecule has 0 fully saturated rings. The molecule has 0 aromatic heterocycles. The zero-order valence-electron chi connectivity index (χ0n) is 17.0. The highest BCUT2D eigenvalue weighted by Crippen LogP contribution is 2.24. The van der Waals surface area contributed by atoms with Crippen molar-refractivity contribution in [2.75, 3.05) is 18.5 Å². The Morgan fingerprint density at radius 2 is 1.82 bits per heavy atom. The number of rotatable bonds is 9. The molecular formula is C22H29N3O2S. The maximum Gasteiger partial charge on any atom is 0.191 e. The number of hydrazone groups is 1. The second-order valence-electron chi connectivity index (χ2n) is 6.47. The van der Waals surface area contributed by atoms with Crippen molar-refractivity contribution < 1.29 is 9.47 Å². The molecule has 2 N–H and O–H groups in total. The fourth-order valence-electron chi connectivity index (χ4n) is 2.47. The van der Waals surface area contributed by atoms with E-state index in [0.717, 1.165) is 41.2 Å². The highest BCUT2D eigenvalue weighted by molar-refractivity contribution is 7.80. The lowest BCUT2D eigenvalue weighted by Gasteiger charge is -2.12. The minimum atomic E-state index is 0.434.